The number of phenolic OH excluding ortho intramolecular Hbond substituents is 1. The van der Waals surface area contributed by atoms with Crippen LogP contribution in [0.1, 0.15) is 42.0 Å². The molecule has 2 aromatic carbocycles. The number of hydrogen-bond acceptors (Lipinski definition) is 4. The molecular weight excluding hydrogens is 450 g/mol. The molecule has 0 amide bonds. The maximum atomic E-state index is 9.56. The summed E-state index contributed by atoms with van der Waals surface area (Å²) in [6.45, 7) is 6.26. The Morgan fingerprint density at radius 2 is 1.81 bits per heavy atom. The summed E-state index contributed by atoms with van der Waals surface area (Å²) in [5, 5.41) is 12.8. The molecule has 4 rings (SSSR count). The zero-order valence-corrected chi connectivity index (χ0v) is 20.0. The first-order valence-electron chi connectivity index (χ1n) is 10.7. The van der Waals surface area contributed by atoms with Crippen molar-refractivity contribution >= 4 is 43.6 Å². The fourth-order valence-corrected chi connectivity index (χ4v) is 4.13. The lowest BCUT2D eigenvalue weighted by atomic mass is 9.99. The van der Waals surface area contributed by atoms with E-state index < -0.39 is 0 Å². The van der Waals surface area contributed by atoms with Gasteiger partial charge in [0.25, 0.3) is 0 Å². The monoisotopic (exact) mass is 479 g/mol. The predicted octanol–water partition coefficient (Wildman–Crippen LogP) is 6.65. The van der Waals surface area contributed by atoms with Gasteiger partial charge in [-0.05, 0) is 79.6 Å². The lowest BCUT2D eigenvalue weighted by Gasteiger charge is -2.10. The van der Waals surface area contributed by atoms with Crippen LogP contribution in [0.15, 0.2) is 48.7 Å². The molecule has 0 aliphatic rings. The van der Waals surface area contributed by atoms with Gasteiger partial charge in [-0.15, -0.1) is 0 Å². The van der Waals surface area contributed by atoms with E-state index in [1.807, 2.05) is 19.2 Å². The van der Waals surface area contributed by atoms with Crippen molar-refractivity contribution in [3.63, 3.8) is 0 Å². The molecule has 0 saturated carbocycles. The highest BCUT2D eigenvalue weighted by Crippen LogP contribution is 2.28. The number of nitrogens with zero attached hydrogens (tertiary/aromatic N) is 2. The Labute approximate surface area is 192 Å². The molecule has 2 heterocycles. The average Bonchev–Trinajstić information content (AvgIpc) is 2.74. The normalized spacial score (nSPS) is 10.8. The van der Waals surface area contributed by atoms with Gasteiger partial charge in [-0.3, -0.25) is 4.98 Å². The van der Waals surface area contributed by atoms with E-state index in [9.17, 15) is 5.11 Å². The van der Waals surface area contributed by atoms with E-state index in [1.165, 1.54) is 18.4 Å². The van der Waals surface area contributed by atoms with Crippen LogP contribution in [0, 0.1) is 13.8 Å². The molecule has 3 N–H and O–H groups in total. The third kappa shape index (κ3) is 5.73. The Bertz CT molecular complexity index is 1190. The number of aromatic nitrogens is 2. The molecule has 0 radical (unpaired) electrons. The van der Waals surface area contributed by atoms with Crippen LogP contribution >= 0.6 is 15.9 Å². The van der Waals surface area contributed by atoms with E-state index in [4.69, 9.17) is 5.73 Å². The topological polar surface area (TPSA) is 72.0 Å². The molecule has 162 valence electrons. The zero-order chi connectivity index (χ0) is 22.4. The number of aromatic hydroxyl groups is 1. The number of rotatable bonds is 5. The van der Waals surface area contributed by atoms with Gasteiger partial charge in [-0.2, -0.15) is 0 Å². The lowest BCUT2D eigenvalue weighted by molar-refractivity contribution is 0.474. The molecule has 4 aromatic rings. The van der Waals surface area contributed by atoms with Crippen molar-refractivity contribution in [2.45, 2.75) is 46.5 Å². The second kappa shape index (κ2) is 10.6. The summed E-state index contributed by atoms with van der Waals surface area (Å²) in [4.78, 5) is 9.07. The standard InChI is InChI=1S/C22H21N3O.C4H9Br/c1-13-3-8-18-19-11-15(4-5-16-6-7-17(26)10-14(16)2)12-24-21(19)22(23)25-20(18)9-13;1-2-3-4-5/h3,6-12,26H,4-5H2,1-2H3,(H2,23,25);2-4H2,1H3. The number of halogens is 1. The number of alkyl halides is 1. The maximum Gasteiger partial charge on any atom is 0.150 e. The average molecular weight is 480 g/mol. The minimum Gasteiger partial charge on any atom is -0.508 e. The summed E-state index contributed by atoms with van der Waals surface area (Å²) in [5.41, 5.74) is 12.5. The van der Waals surface area contributed by atoms with Crippen LogP contribution in [-0.2, 0) is 12.8 Å². The molecule has 0 unspecified atom stereocenters. The van der Waals surface area contributed by atoms with Gasteiger partial charge in [0.1, 0.15) is 11.3 Å². The molecule has 0 bridgehead atoms. The van der Waals surface area contributed by atoms with Crippen molar-refractivity contribution in [3.8, 4) is 5.75 Å². The van der Waals surface area contributed by atoms with Crippen LogP contribution in [0.2, 0.25) is 0 Å². The minimum atomic E-state index is 0.309. The van der Waals surface area contributed by atoms with Gasteiger partial charge in [0, 0.05) is 22.3 Å². The van der Waals surface area contributed by atoms with Crippen molar-refractivity contribution in [2.75, 3.05) is 11.1 Å². The number of pyridine rings is 2. The molecule has 2 aromatic heterocycles. The molecule has 5 heteroatoms. The number of nitrogens with two attached hydrogens (primary N) is 1. The Balaban J connectivity index is 0.000000491. The molecule has 0 saturated heterocycles. The number of nitrogen functional groups attached to an aromatic ring is 1. The predicted molar refractivity (Wildman–Crippen MR) is 135 cm³/mol. The SMILES string of the molecule is CCCCBr.Cc1ccc2c(c1)nc(N)c1ncc(CCc3ccc(O)cc3C)cc12. The second-order valence-corrected chi connectivity index (χ2v) is 8.70. The van der Waals surface area contributed by atoms with E-state index in [0.29, 0.717) is 11.6 Å². The highest BCUT2D eigenvalue weighted by molar-refractivity contribution is 9.09. The van der Waals surface area contributed by atoms with Gasteiger partial charge in [0.15, 0.2) is 5.82 Å². The Morgan fingerprint density at radius 3 is 2.48 bits per heavy atom. The van der Waals surface area contributed by atoms with Crippen molar-refractivity contribution < 1.29 is 5.11 Å². The first-order chi connectivity index (χ1) is 14.9. The number of phenols is 1. The second-order valence-electron chi connectivity index (χ2n) is 7.91. The van der Waals surface area contributed by atoms with E-state index >= 15 is 0 Å². The molecule has 0 spiro atoms. The summed E-state index contributed by atoms with van der Waals surface area (Å²) in [5.74, 6) is 0.780. The van der Waals surface area contributed by atoms with Crippen molar-refractivity contribution in [1.29, 1.82) is 0 Å². The third-order valence-electron chi connectivity index (χ3n) is 5.37. The van der Waals surface area contributed by atoms with Gasteiger partial charge in [-0.25, -0.2) is 4.98 Å². The number of unbranched alkanes of at least 4 members (excludes halogenated alkanes) is 1. The lowest BCUT2D eigenvalue weighted by Crippen LogP contribution is -1.99. The van der Waals surface area contributed by atoms with E-state index in [1.54, 1.807) is 12.1 Å². The van der Waals surface area contributed by atoms with Gasteiger partial charge in [0.05, 0.1) is 5.52 Å². The highest BCUT2D eigenvalue weighted by atomic mass is 79.9. The third-order valence-corrected chi connectivity index (χ3v) is 5.93. The summed E-state index contributed by atoms with van der Waals surface area (Å²) in [7, 11) is 0. The van der Waals surface area contributed by atoms with Crippen LogP contribution in [0.5, 0.6) is 5.75 Å². The van der Waals surface area contributed by atoms with E-state index in [0.717, 1.165) is 56.7 Å². The summed E-state index contributed by atoms with van der Waals surface area (Å²) < 4.78 is 0. The van der Waals surface area contributed by atoms with E-state index in [2.05, 4.69) is 64.0 Å². The number of anilines is 1. The van der Waals surface area contributed by atoms with Crippen molar-refractivity contribution in [1.82, 2.24) is 9.97 Å². The molecule has 4 nitrogen and oxygen atoms in total. The summed E-state index contributed by atoms with van der Waals surface area (Å²) in [6.07, 6.45) is 6.27. The van der Waals surface area contributed by atoms with E-state index in [-0.39, 0.29) is 0 Å². The fourth-order valence-electron chi connectivity index (χ4n) is 3.57. The van der Waals surface area contributed by atoms with Crippen LogP contribution in [0.25, 0.3) is 21.8 Å². The van der Waals surface area contributed by atoms with Crippen LogP contribution in [-0.4, -0.2) is 20.4 Å². The van der Waals surface area contributed by atoms with Crippen LogP contribution < -0.4 is 5.73 Å². The van der Waals surface area contributed by atoms with Crippen LogP contribution in [0.3, 0.4) is 0 Å². The molecule has 0 atom stereocenters. The molecule has 0 aliphatic carbocycles. The van der Waals surface area contributed by atoms with Gasteiger partial charge < -0.3 is 10.8 Å². The number of aryl methyl sites for hydroxylation is 4. The fraction of sp³-hybridized carbons (Fsp3) is 0.308. The van der Waals surface area contributed by atoms with Crippen molar-refractivity contribution in [2.24, 2.45) is 0 Å². The number of benzene rings is 2. The largest absolute Gasteiger partial charge is 0.508 e. The maximum absolute atomic E-state index is 9.56. The quantitative estimate of drug-likeness (QED) is 0.248. The molecule has 31 heavy (non-hydrogen) atoms. The number of fused-ring (bicyclic) bond motifs is 3. The Hall–Kier alpha value is -2.66. The highest BCUT2D eigenvalue weighted by Gasteiger charge is 2.09. The zero-order valence-electron chi connectivity index (χ0n) is 18.5. The van der Waals surface area contributed by atoms with Crippen molar-refractivity contribution in [3.05, 3.63) is 70.9 Å². The first-order valence-corrected chi connectivity index (χ1v) is 11.8. The van der Waals surface area contributed by atoms with Gasteiger partial charge in [0.2, 0.25) is 0 Å². The number of hydrogen-bond donors (Lipinski definition) is 2. The first kappa shape index (κ1) is 23.0. The molecular formula is C26H30BrN3O. The van der Waals surface area contributed by atoms with Gasteiger partial charge >= 0.3 is 0 Å². The van der Waals surface area contributed by atoms with Crippen LogP contribution in [0.4, 0.5) is 5.82 Å². The molecule has 0 aliphatic heterocycles. The minimum absolute atomic E-state index is 0.309. The Morgan fingerprint density at radius 1 is 1.00 bits per heavy atom. The summed E-state index contributed by atoms with van der Waals surface area (Å²) in [6, 6.07) is 13.9. The smallest absolute Gasteiger partial charge is 0.150 e. The Kier molecular flexibility index (Phi) is 7.85. The summed E-state index contributed by atoms with van der Waals surface area (Å²) >= 11 is 3.31. The molecule has 0 fully saturated rings. The van der Waals surface area contributed by atoms with Gasteiger partial charge in [-0.1, -0.05) is 47.5 Å².